The van der Waals surface area contributed by atoms with Crippen molar-refractivity contribution in [3.63, 3.8) is 0 Å². The third-order valence-corrected chi connectivity index (χ3v) is 4.55. The van der Waals surface area contributed by atoms with Crippen LogP contribution < -0.4 is 5.73 Å². The molecule has 96 valence electrons. The molecule has 1 aliphatic carbocycles. The molecule has 0 spiro atoms. The van der Waals surface area contributed by atoms with Gasteiger partial charge >= 0.3 is 0 Å². The molecule has 0 fully saturated rings. The van der Waals surface area contributed by atoms with Crippen LogP contribution in [0.5, 0.6) is 0 Å². The lowest BCUT2D eigenvalue weighted by molar-refractivity contribution is 0.182. The van der Waals surface area contributed by atoms with Crippen LogP contribution in [-0.2, 0) is 12.8 Å². The summed E-state index contributed by atoms with van der Waals surface area (Å²) in [6, 6.07) is 4.07. The average molecular weight is 243 g/mol. The van der Waals surface area contributed by atoms with Crippen LogP contribution in [-0.4, -0.2) is 4.98 Å². The Morgan fingerprint density at radius 2 is 2.28 bits per heavy atom. The van der Waals surface area contributed by atoms with Crippen LogP contribution in [0.1, 0.15) is 50.4 Å². The second kappa shape index (κ2) is 4.61. The molecule has 0 saturated carbocycles. The average Bonchev–Trinajstić information content (AvgIpc) is 2.37. The lowest BCUT2D eigenvalue weighted by atomic mass is 9.69. The number of anilines is 1. The maximum absolute atomic E-state index is 9.02. The fraction of sp³-hybridized carbons (Fsp3) is 0.600. The van der Waals surface area contributed by atoms with Crippen LogP contribution in [0.25, 0.3) is 0 Å². The van der Waals surface area contributed by atoms with E-state index in [2.05, 4.69) is 31.8 Å². The van der Waals surface area contributed by atoms with Crippen LogP contribution in [0.4, 0.5) is 5.82 Å². The molecule has 1 heterocycles. The van der Waals surface area contributed by atoms with Crippen LogP contribution in [0, 0.1) is 22.7 Å². The van der Waals surface area contributed by atoms with Gasteiger partial charge in [-0.2, -0.15) is 5.26 Å². The first kappa shape index (κ1) is 12.9. The molecule has 18 heavy (non-hydrogen) atoms. The van der Waals surface area contributed by atoms with E-state index in [1.165, 1.54) is 18.4 Å². The first-order valence-electron chi connectivity index (χ1n) is 6.66. The van der Waals surface area contributed by atoms with Gasteiger partial charge in [-0.3, -0.25) is 0 Å². The maximum atomic E-state index is 9.02. The van der Waals surface area contributed by atoms with Crippen molar-refractivity contribution in [1.29, 1.82) is 5.26 Å². The van der Waals surface area contributed by atoms with Gasteiger partial charge in [0.05, 0.1) is 5.56 Å². The molecular weight excluding hydrogens is 222 g/mol. The van der Waals surface area contributed by atoms with Crippen molar-refractivity contribution in [2.75, 3.05) is 5.73 Å². The molecule has 1 aromatic heterocycles. The van der Waals surface area contributed by atoms with Crippen molar-refractivity contribution in [2.24, 2.45) is 11.3 Å². The second-order valence-corrected chi connectivity index (χ2v) is 5.92. The van der Waals surface area contributed by atoms with Crippen molar-refractivity contribution in [3.05, 3.63) is 22.9 Å². The number of nitrogens with two attached hydrogens (primary N) is 1. The predicted octanol–water partition coefficient (Wildman–Crippen LogP) is 3.08. The first-order chi connectivity index (χ1) is 8.47. The number of nitriles is 1. The molecule has 0 aliphatic heterocycles. The molecule has 1 atom stereocenters. The molecule has 2 N–H and O–H groups in total. The summed E-state index contributed by atoms with van der Waals surface area (Å²) in [6.07, 6.45) is 4.37. The number of nitrogens with zero attached hydrogens (tertiary/aromatic N) is 2. The van der Waals surface area contributed by atoms with E-state index in [0.717, 1.165) is 18.5 Å². The zero-order valence-electron chi connectivity index (χ0n) is 11.5. The summed E-state index contributed by atoms with van der Waals surface area (Å²) < 4.78 is 0. The molecule has 0 radical (unpaired) electrons. The Bertz CT molecular complexity index is 497. The van der Waals surface area contributed by atoms with E-state index in [1.807, 2.05) is 6.07 Å². The van der Waals surface area contributed by atoms with Crippen molar-refractivity contribution in [3.8, 4) is 6.07 Å². The number of hydrogen-bond donors (Lipinski definition) is 1. The van der Waals surface area contributed by atoms with Crippen LogP contribution in [0.3, 0.4) is 0 Å². The highest BCUT2D eigenvalue weighted by Gasteiger charge is 2.31. The summed E-state index contributed by atoms with van der Waals surface area (Å²) >= 11 is 0. The molecule has 1 aliphatic rings. The fourth-order valence-corrected chi connectivity index (χ4v) is 2.73. The number of rotatable bonds is 2. The summed E-state index contributed by atoms with van der Waals surface area (Å²) in [7, 11) is 0. The van der Waals surface area contributed by atoms with Crippen molar-refractivity contribution < 1.29 is 0 Å². The SMILES string of the molecule is CCC(C)(C)C1CCc2nc(N)c(C#N)cc2C1. The Balaban J connectivity index is 2.32. The number of fused-ring (bicyclic) bond motifs is 1. The molecule has 1 unspecified atom stereocenters. The van der Waals surface area contributed by atoms with Gasteiger partial charge in [0.25, 0.3) is 0 Å². The van der Waals surface area contributed by atoms with Crippen LogP contribution >= 0.6 is 0 Å². The van der Waals surface area contributed by atoms with Gasteiger partial charge in [-0.1, -0.05) is 27.2 Å². The zero-order chi connectivity index (χ0) is 13.3. The Morgan fingerprint density at radius 1 is 1.56 bits per heavy atom. The minimum Gasteiger partial charge on any atom is -0.383 e. The van der Waals surface area contributed by atoms with E-state index in [9.17, 15) is 0 Å². The van der Waals surface area contributed by atoms with Crippen molar-refractivity contribution in [2.45, 2.75) is 46.5 Å². The highest BCUT2D eigenvalue weighted by atomic mass is 14.8. The zero-order valence-corrected chi connectivity index (χ0v) is 11.5. The quantitative estimate of drug-likeness (QED) is 0.868. The lowest BCUT2D eigenvalue weighted by Crippen LogP contribution is -2.29. The molecule has 1 aromatic rings. The number of aromatic nitrogens is 1. The van der Waals surface area contributed by atoms with Gasteiger partial charge in [-0.25, -0.2) is 4.98 Å². The van der Waals surface area contributed by atoms with Gasteiger partial charge in [0.2, 0.25) is 0 Å². The summed E-state index contributed by atoms with van der Waals surface area (Å²) in [5.74, 6) is 1.05. The van der Waals surface area contributed by atoms with Crippen LogP contribution in [0.2, 0.25) is 0 Å². The van der Waals surface area contributed by atoms with E-state index >= 15 is 0 Å². The lowest BCUT2D eigenvalue weighted by Gasteiger charge is -2.37. The van der Waals surface area contributed by atoms with E-state index in [4.69, 9.17) is 11.0 Å². The minimum absolute atomic E-state index is 0.353. The van der Waals surface area contributed by atoms with E-state index in [0.29, 0.717) is 22.7 Å². The van der Waals surface area contributed by atoms with Crippen molar-refractivity contribution in [1.82, 2.24) is 4.98 Å². The third kappa shape index (κ3) is 2.20. The number of hydrogen-bond acceptors (Lipinski definition) is 3. The van der Waals surface area contributed by atoms with Crippen molar-refractivity contribution >= 4 is 5.82 Å². The standard InChI is InChI=1S/C15H21N3/c1-4-15(2,3)12-5-6-13-10(8-12)7-11(9-16)14(17)18-13/h7,12H,4-6,8H2,1-3H3,(H2,17,18). The normalized spacial score (nSPS) is 19.1. The maximum Gasteiger partial charge on any atom is 0.141 e. The molecular formula is C15H21N3. The molecule has 3 nitrogen and oxygen atoms in total. The Hall–Kier alpha value is -1.56. The first-order valence-corrected chi connectivity index (χ1v) is 6.66. The van der Waals surface area contributed by atoms with E-state index in [1.54, 1.807) is 0 Å². The molecule has 3 heteroatoms. The monoisotopic (exact) mass is 243 g/mol. The molecule has 0 amide bonds. The van der Waals surface area contributed by atoms with Gasteiger partial charge in [0, 0.05) is 5.69 Å². The van der Waals surface area contributed by atoms with Gasteiger partial charge in [0.15, 0.2) is 0 Å². The summed E-state index contributed by atoms with van der Waals surface area (Å²) in [6.45, 7) is 6.91. The van der Waals surface area contributed by atoms with E-state index < -0.39 is 0 Å². The Morgan fingerprint density at radius 3 is 2.89 bits per heavy atom. The molecule has 0 saturated heterocycles. The molecule has 2 rings (SSSR count). The summed E-state index contributed by atoms with van der Waals surface area (Å²) in [5, 5.41) is 9.02. The highest BCUT2D eigenvalue weighted by molar-refractivity contribution is 5.51. The number of aryl methyl sites for hydroxylation is 1. The third-order valence-electron chi connectivity index (χ3n) is 4.55. The van der Waals surface area contributed by atoms with Gasteiger partial charge in [-0.15, -0.1) is 0 Å². The molecule has 0 aromatic carbocycles. The van der Waals surface area contributed by atoms with Gasteiger partial charge in [-0.05, 0) is 42.2 Å². The van der Waals surface area contributed by atoms with Gasteiger partial charge < -0.3 is 5.73 Å². The Labute approximate surface area is 109 Å². The predicted molar refractivity (Wildman–Crippen MR) is 73.0 cm³/mol. The number of pyridine rings is 1. The summed E-state index contributed by atoms with van der Waals surface area (Å²) in [5.41, 5.74) is 8.95. The Kier molecular flexibility index (Phi) is 3.30. The van der Waals surface area contributed by atoms with Crippen LogP contribution in [0.15, 0.2) is 6.07 Å². The highest BCUT2D eigenvalue weighted by Crippen LogP contribution is 2.39. The van der Waals surface area contributed by atoms with Gasteiger partial charge in [0.1, 0.15) is 11.9 Å². The minimum atomic E-state index is 0.353. The van der Waals surface area contributed by atoms with E-state index in [-0.39, 0.29) is 0 Å². The fourth-order valence-electron chi connectivity index (χ4n) is 2.73. The largest absolute Gasteiger partial charge is 0.383 e. The summed E-state index contributed by atoms with van der Waals surface area (Å²) in [4.78, 5) is 4.38. The topological polar surface area (TPSA) is 62.7 Å². The number of nitrogen functional groups attached to an aromatic ring is 1. The second-order valence-electron chi connectivity index (χ2n) is 5.92. The smallest absolute Gasteiger partial charge is 0.141 e. The molecule has 0 bridgehead atoms.